The average molecular weight is 408 g/mol. The minimum absolute atomic E-state index is 0.163. The molecule has 4 rings (SSSR count). The number of nitrogens with zero attached hydrogens (tertiary/aromatic N) is 1. The van der Waals surface area contributed by atoms with Gasteiger partial charge < -0.3 is 24.1 Å². The number of anilines is 1. The Kier molecular flexibility index (Phi) is 5.99. The van der Waals surface area contributed by atoms with E-state index in [1.54, 1.807) is 18.1 Å². The number of ether oxygens (including phenoxy) is 2. The molecule has 1 N–H and O–H groups in total. The maximum atomic E-state index is 13.0. The molecule has 1 saturated heterocycles. The lowest BCUT2D eigenvalue weighted by Crippen LogP contribution is -2.40. The molecule has 0 aliphatic carbocycles. The molecule has 30 heavy (non-hydrogen) atoms. The molecule has 0 unspecified atom stereocenters. The molecule has 7 heteroatoms. The highest BCUT2D eigenvalue weighted by Crippen LogP contribution is 2.32. The first kappa shape index (κ1) is 20.0. The zero-order chi connectivity index (χ0) is 20.9. The molecular formula is C23H24N2O5. The monoisotopic (exact) mass is 408 g/mol. The number of nitrogens with one attached hydrogen (secondary N) is 1. The van der Waals surface area contributed by atoms with Crippen LogP contribution in [0.25, 0.3) is 11.0 Å². The molecule has 0 bridgehead atoms. The Balaban J connectivity index is 1.51. The molecule has 2 amide bonds. The molecule has 0 atom stereocenters. The summed E-state index contributed by atoms with van der Waals surface area (Å²) in [7, 11) is 1.62. The summed E-state index contributed by atoms with van der Waals surface area (Å²) < 4.78 is 16.3. The van der Waals surface area contributed by atoms with Gasteiger partial charge in [0.25, 0.3) is 5.91 Å². The van der Waals surface area contributed by atoms with Gasteiger partial charge in [-0.2, -0.15) is 0 Å². The summed E-state index contributed by atoms with van der Waals surface area (Å²) in [5, 5.41) is 3.62. The van der Waals surface area contributed by atoms with Gasteiger partial charge in [-0.05, 0) is 36.2 Å². The number of amides is 2. The lowest BCUT2D eigenvalue weighted by molar-refractivity contribution is -0.116. The number of morpholine rings is 1. The second kappa shape index (κ2) is 9.00. The number of para-hydroxylation sites is 1. The van der Waals surface area contributed by atoms with E-state index in [-0.39, 0.29) is 24.0 Å². The number of hydrogen-bond donors (Lipinski definition) is 1. The van der Waals surface area contributed by atoms with Crippen LogP contribution in [0.4, 0.5) is 5.69 Å². The maximum Gasteiger partial charge on any atom is 0.291 e. The van der Waals surface area contributed by atoms with E-state index in [9.17, 15) is 9.59 Å². The molecule has 156 valence electrons. The van der Waals surface area contributed by atoms with Gasteiger partial charge in [0, 0.05) is 24.9 Å². The topological polar surface area (TPSA) is 81.0 Å². The lowest BCUT2D eigenvalue weighted by atomic mass is 10.1. The zero-order valence-electron chi connectivity index (χ0n) is 16.8. The molecule has 0 saturated carbocycles. The number of carbonyl (C=O) groups excluding carboxylic acids is 2. The van der Waals surface area contributed by atoms with Gasteiger partial charge >= 0.3 is 0 Å². The quantitative estimate of drug-likeness (QED) is 0.675. The fourth-order valence-electron chi connectivity index (χ4n) is 3.48. The van der Waals surface area contributed by atoms with Crippen molar-refractivity contribution in [2.24, 2.45) is 0 Å². The van der Waals surface area contributed by atoms with Gasteiger partial charge in [-0.3, -0.25) is 9.59 Å². The minimum atomic E-state index is -0.236. The van der Waals surface area contributed by atoms with Crippen LogP contribution in [0.1, 0.15) is 22.5 Å². The number of aryl methyl sites for hydroxylation is 1. The Morgan fingerprint density at radius 1 is 1.07 bits per heavy atom. The average Bonchev–Trinajstić information content (AvgIpc) is 3.16. The van der Waals surface area contributed by atoms with Crippen LogP contribution in [0.2, 0.25) is 0 Å². The number of carbonyl (C=O) groups is 2. The van der Waals surface area contributed by atoms with Crippen molar-refractivity contribution in [3.8, 4) is 5.75 Å². The summed E-state index contributed by atoms with van der Waals surface area (Å²) in [4.78, 5) is 27.4. The second-order valence-electron chi connectivity index (χ2n) is 7.10. The molecular weight excluding hydrogens is 384 g/mol. The number of methoxy groups -OCH3 is 1. The molecule has 1 aromatic heterocycles. The first-order valence-corrected chi connectivity index (χ1v) is 9.97. The molecule has 1 aliphatic rings. The van der Waals surface area contributed by atoms with Crippen molar-refractivity contribution < 1.29 is 23.5 Å². The van der Waals surface area contributed by atoms with Crippen molar-refractivity contribution in [3.05, 3.63) is 59.9 Å². The van der Waals surface area contributed by atoms with Crippen molar-refractivity contribution >= 4 is 28.5 Å². The summed E-state index contributed by atoms with van der Waals surface area (Å²) >= 11 is 0. The van der Waals surface area contributed by atoms with Gasteiger partial charge in [0.15, 0.2) is 0 Å². The van der Waals surface area contributed by atoms with Crippen LogP contribution in [0, 0.1) is 0 Å². The maximum absolute atomic E-state index is 13.0. The second-order valence-corrected chi connectivity index (χ2v) is 7.10. The molecule has 1 aliphatic heterocycles. The van der Waals surface area contributed by atoms with E-state index in [0.29, 0.717) is 49.4 Å². The number of benzene rings is 2. The van der Waals surface area contributed by atoms with E-state index in [4.69, 9.17) is 13.9 Å². The first-order valence-electron chi connectivity index (χ1n) is 9.97. The third-order valence-corrected chi connectivity index (χ3v) is 5.15. The van der Waals surface area contributed by atoms with Crippen LogP contribution >= 0.6 is 0 Å². The van der Waals surface area contributed by atoms with Crippen LogP contribution in [-0.2, 0) is 16.0 Å². The predicted molar refractivity (Wildman–Crippen MR) is 113 cm³/mol. The fraction of sp³-hybridized carbons (Fsp3) is 0.304. The highest BCUT2D eigenvalue weighted by Gasteiger charge is 2.27. The number of rotatable bonds is 6. The van der Waals surface area contributed by atoms with Crippen LogP contribution in [0.5, 0.6) is 5.75 Å². The Morgan fingerprint density at radius 2 is 1.80 bits per heavy atom. The van der Waals surface area contributed by atoms with Crippen molar-refractivity contribution in [2.45, 2.75) is 12.8 Å². The van der Waals surface area contributed by atoms with Gasteiger partial charge in [-0.25, -0.2) is 0 Å². The van der Waals surface area contributed by atoms with Crippen molar-refractivity contribution in [2.75, 3.05) is 38.7 Å². The Bertz CT molecular complexity index is 1040. The van der Waals surface area contributed by atoms with E-state index in [2.05, 4.69) is 5.32 Å². The SMILES string of the molecule is COc1ccc(CCC(=O)Nc2c(C(=O)N3CCOCC3)oc3ccccc23)cc1. The molecule has 0 radical (unpaired) electrons. The van der Waals surface area contributed by atoms with E-state index >= 15 is 0 Å². The molecule has 0 spiro atoms. The number of furan rings is 1. The number of hydrogen-bond acceptors (Lipinski definition) is 5. The van der Waals surface area contributed by atoms with Crippen LogP contribution in [0.15, 0.2) is 52.9 Å². The molecule has 7 nitrogen and oxygen atoms in total. The third kappa shape index (κ3) is 4.31. The molecule has 2 aromatic carbocycles. The largest absolute Gasteiger partial charge is 0.497 e. The van der Waals surface area contributed by atoms with Gasteiger partial charge in [0.2, 0.25) is 11.7 Å². The lowest BCUT2D eigenvalue weighted by Gasteiger charge is -2.26. The van der Waals surface area contributed by atoms with Gasteiger partial charge in [-0.15, -0.1) is 0 Å². The minimum Gasteiger partial charge on any atom is -0.497 e. The van der Waals surface area contributed by atoms with E-state index in [0.717, 1.165) is 11.3 Å². The van der Waals surface area contributed by atoms with Gasteiger partial charge in [0.1, 0.15) is 17.0 Å². The Morgan fingerprint density at radius 3 is 2.53 bits per heavy atom. The first-order chi connectivity index (χ1) is 14.7. The Hall–Kier alpha value is -3.32. The van der Waals surface area contributed by atoms with Gasteiger partial charge in [0.05, 0.1) is 20.3 Å². The predicted octanol–water partition coefficient (Wildman–Crippen LogP) is 3.49. The highest BCUT2D eigenvalue weighted by molar-refractivity contribution is 6.10. The summed E-state index contributed by atoms with van der Waals surface area (Å²) in [6.45, 7) is 1.99. The molecule has 3 aromatic rings. The third-order valence-electron chi connectivity index (χ3n) is 5.15. The molecule has 1 fully saturated rings. The summed E-state index contributed by atoms with van der Waals surface area (Å²) in [6, 6.07) is 14.9. The highest BCUT2D eigenvalue weighted by atomic mass is 16.5. The standard InChI is InChI=1S/C23H24N2O5/c1-28-17-9-6-16(7-10-17)8-11-20(26)24-21-18-4-2-3-5-19(18)30-22(21)23(27)25-12-14-29-15-13-25/h2-7,9-10H,8,11-15H2,1H3,(H,24,26). The van der Waals surface area contributed by atoms with Crippen LogP contribution in [-0.4, -0.2) is 50.1 Å². The molecule has 2 heterocycles. The van der Waals surface area contributed by atoms with Crippen LogP contribution in [0.3, 0.4) is 0 Å². The fourth-order valence-corrected chi connectivity index (χ4v) is 3.48. The van der Waals surface area contributed by atoms with E-state index in [1.165, 1.54) is 0 Å². The van der Waals surface area contributed by atoms with E-state index < -0.39 is 0 Å². The smallest absolute Gasteiger partial charge is 0.291 e. The van der Waals surface area contributed by atoms with Crippen LogP contribution < -0.4 is 10.1 Å². The Labute approximate surface area is 174 Å². The summed E-state index contributed by atoms with van der Waals surface area (Å²) in [5.74, 6) is 0.531. The van der Waals surface area contributed by atoms with Gasteiger partial charge in [-0.1, -0.05) is 24.3 Å². The van der Waals surface area contributed by atoms with Crippen molar-refractivity contribution in [3.63, 3.8) is 0 Å². The van der Waals surface area contributed by atoms with Crippen molar-refractivity contribution in [1.29, 1.82) is 0 Å². The summed E-state index contributed by atoms with van der Waals surface area (Å²) in [6.07, 6.45) is 0.870. The summed E-state index contributed by atoms with van der Waals surface area (Å²) in [5.41, 5.74) is 2.04. The van der Waals surface area contributed by atoms with Crippen molar-refractivity contribution in [1.82, 2.24) is 4.90 Å². The van der Waals surface area contributed by atoms with E-state index in [1.807, 2.05) is 42.5 Å². The normalized spacial score (nSPS) is 14.0. The number of fused-ring (bicyclic) bond motifs is 1. The zero-order valence-corrected chi connectivity index (χ0v) is 16.8.